The summed E-state index contributed by atoms with van der Waals surface area (Å²) in [6.07, 6.45) is 2.31. The summed E-state index contributed by atoms with van der Waals surface area (Å²) in [5, 5.41) is 3.02. The number of nitrogens with one attached hydrogen (secondary N) is 1. The summed E-state index contributed by atoms with van der Waals surface area (Å²) in [6.45, 7) is 5.90. The summed E-state index contributed by atoms with van der Waals surface area (Å²) in [6, 6.07) is 3.11. The smallest absolute Gasteiger partial charge is 0.243 e. The number of morpholine rings is 1. The topological polar surface area (TPSA) is 71.5 Å². The molecule has 6 nitrogen and oxygen atoms in total. The molecular weight excluding hydrogens is 278 g/mol. The predicted molar refractivity (Wildman–Crippen MR) is 77.2 cm³/mol. The Morgan fingerprint density at radius 2 is 2.30 bits per heavy atom. The van der Waals surface area contributed by atoms with E-state index in [0.717, 1.165) is 6.42 Å². The minimum absolute atomic E-state index is 0.0198. The van der Waals surface area contributed by atoms with Crippen molar-refractivity contribution in [3.8, 4) is 0 Å². The number of nitrogens with zero attached hydrogens (tertiary/aromatic N) is 2. The zero-order chi connectivity index (χ0) is 14.6. The van der Waals surface area contributed by atoms with E-state index in [1.54, 1.807) is 6.07 Å². The third kappa shape index (κ3) is 3.28. The Balaban J connectivity index is 2.23. The van der Waals surface area contributed by atoms with Crippen LogP contribution in [0.5, 0.6) is 0 Å². The summed E-state index contributed by atoms with van der Waals surface area (Å²) in [7, 11) is -3.47. The van der Waals surface area contributed by atoms with Crippen molar-refractivity contribution < 1.29 is 13.2 Å². The molecule has 1 aromatic rings. The molecule has 0 aromatic carbocycles. The van der Waals surface area contributed by atoms with Crippen LogP contribution in [0.25, 0.3) is 0 Å². The first kappa shape index (κ1) is 15.2. The van der Waals surface area contributed by atoms with E-state index in [1.807, 2.05) is 13.8 Å². The summed E-state index contributed by atoms with van der Waals surface area (Å²) < 4.78 is 32.3. The second kappa shape index (κ2) is 6.51. The standard InChI is InChI=1S/C13H21N3O3S/c1-3-11-10-16(7-8-19-11)20(17,18)12-5-6-15-13(9-12)14-4-2/h5-6,9,11H,3-4,7-8,10H2,1-2H3,(H,14,15). The molecule has 0 amide bonds. The third-order valence-electron chi connectivity index (χ3n) is 3.28. The van der Waals surface area contributed by atoms with Gasteiger partial charge in [-0.1, -0.05) is 6.92 Å². The molecule has 112 valence electrons. The Labute approximate surface area is 120 Å². The number of sulfonamides is 1. The summed E-state index contributed by atoms with van der Waals surface area (Å²) in [4.78, 5) is 4.38. The van der Waals surface area contributed by atoms with Gasteiger partial charge in [-0.05, 0) is 19.4 Å². The molecule has 0 aliphatic carbocycles. The van der Waals surface area contributed by atoms with Crippen LogP contribution in [-0.4, -0.2) is 50.1 Å². The van der Waals surface area contributed by atoms with Crippen LogP contribution in [0.15, 0.2) is 23.2 Å². The molecule has 1 N–H and O–H groups in total. The van der Waals surface area contributed by atoms with E-state index < -0.39 is 10.0 Å². The lowest BCUT2D eigenvalue weighted by atomic mass is 10.2. The number of pyridine rings is 1. The van der Waals surface area contributed by atoms with Crippen LogP contribution in [0.2, 0.25) is 0 Å². The Bertz CT molecular complexity index is 548. The van der Waals surface area contributed by atoms with Crippen molar-refractivity contribution in [1.29, 1.82) is 0 Å². The molecule has 1 aromatic heterocycles. The van der Waals surface area contributed by atoms with Crippen molar-refractivity contribution in [2.24, 2.45) is 0 Å². The molecule has 2 heterocycles. The molecule has 1 atom stereocenters. The first-order valence-electron chi connectivity index (χ1n) is 6.89. The molecule has 2 rings (SSSR count). The number of anilines is 1. The number of rotatable bonds is 5. The van der Waals surface area contributed by atoms with E-state index in [2.05, 4.69) is 10.3 Å². The van der Waals surface area contributed by atoms with Crippen molar-refractivity contribution in [3.05, 3.63) is 18.3 Å². The van der Waals surface area contributed by atoms with E-state index in [1.165, 1.54) is 16.6 Å². The Kier molecular flexibility index (Phi) is 4.95. The van der Waals surface area contributed by atoms with Crippen LogP contribution in [0.3, 0.4) is 0 Å². The number of ether oxygens (including phenoxy) is 1. The molecule has 1 fully saturated rings. The predicted octanol–water partition coefficient (Wildman–Crippen LogP) is 1.31. The summed E-state index contributed by atoms with van der Waals surface area (Å²) >= 11 is 0. The van der Waals surface area contributed by atoms with Crippen LogP contribution < -0.4 is 5.32 Å². The van der Waals surface area contributed by atoms with E-state index in [-0.39, 0.29) is 11.0 Å². The molecular formula is C13H21N3O3S. The van der Waals surface area contributed by atoms with Gasteiger partial charge >= 0.3 is 0 Å². The molecule has 0 spiro atoms. The molecule has 1 saturated heterocycles. The second-order valence-electron chi connectivity index (χ2n) is 4.67. The summed E-state index contributed by atoms with van der Waals surface area (Å²) in [5.74, 6) is 0.578. The lowest BCUT2D eigenvalue weighted by Gasteiger charge is -2.31. The molecule has 20 heavy (non-hydrogen) atoms. The first-order chi connectivity index (χ1) is 9.57. The average molecular weight is 299 g/mol. The van der Waals surface area contributed by atoms with Gasteiger partial charge in [-0.2, -0.15) is 4.31 Å². The normalized spacial score (nSPS) is 20.8. The zero-order valence-corrected chi connectivity index (χ0v) is 12.7. The van der Waals surface area contributed by atoms with Gasteiger partial charge in [0.15, 0.2) is 0 Å². The van der Waals surface area contributed by atoms with Gasteiger partial charge in [0.05, 0.1) is 17.6 Å². The van der Waals surface area contributed by atoms with Crippen molar-refractivity contribution >= 4 is 15.8 Å². The molecule has 1 aliphatic heterocycles. The highest BCUT2D eigenvalue weighted by Crippen LogP contribution is 2.21. The van der Waals surface area contributed by atoms with Crippen LogP contribution in [-0.2, 0) is 14.8 Å². The lowest BCUT2D eigenvalue weighted by Crippen LogP contribution is -2.45. The fourth-order valence-corrected chi connectivity index (χ4v) is 3.62. The largest absolute Gasteiger partial charge is 0.375 e. The number of hydrogen-bond acceptors (Lipinski definition) is 5. The van der Waals surface area contributed by atoms with Gasteiger partial charge in [0, 0.05) is 31.9 Å². The van der Waals surface area contributed by atoms with Crippen LogP contribution in [0, 0.1) is 0 Å². The van der Waals surface area contributed by atoms with Crippen molar-refractivity contribution in [1.82, 2.24) is 9.29 Å². The maximum absolute atomic E-state index is 12.6. The van der Waals surface area contributed by atoms with Crippen LogP contribution >= 0.6 is 0 Å². The van der Waals surface area contributed by atoms with Gasteiger partial charge in [0.1, 0.15) is 5.82 Å². The lowest BCUT2D eigenvalue weighted by molar-refractivity contribution is -0.00277. The Morgan fingerprint density at radius 1 is 1.50 bits per heavy atom. The fraction of sp³-hybridized carbons (Fsp3) is 0.615. The van der Waals surface area contributed by atoms with Gasteiger partial charge in [0.25, 0.3) is 0 Å². The Morgan fingerprint density at radius 3 is 3.00 bits per heavy atom. The van der Waals surface area contributed by atoms with Crippen LogP contribution in [0.4, 0.5) is 5.82 Å². The Hall–Kier alpha value is -1.18. The molecule has 7 heteroatoms. The highest BCUT2D eigenvalue weighted by molar-refractivity contribution is 7.89. The van der Waals surface area contributed by atoms with Gasteiger partial charge < -0.3 is 10.1 Å². The second-order valence-corrected chi connectivity index (χ2v) is 6.61. The van der Waals surface area contributed by atoms with E-state index in [0.29, 0.717) is 32.1 Å². The molecule has 0 saturated carbocycles. The zero-order valence-electron chi connectivity index (χ0n) is 11.9. The molecule has 0 bridgehead atoms. The van der Waals surface area contributed by atoms with Crippen molar-refractivity contribution in [2.45, 2.75) is 31.3 Å². The maximum Gasteiger partial charge on any atom is 0.243 e. The monoisotopic (exact) mass is 299 g/mol. The quantitative estimate of drug-likeness (QED) is 0.887. The highest BCUT2D eigenvalue weighted by atomic mass is 32.2. The minimum atomic E-state index is -3.47. The van der Waals surface area contributed by atoms with Crippen molar-refractivity contribution in [2.75, 3.05) is 31.6 Å². The SMILES string of the molecule is CCNc1cc(S(=O)(=O)N2CCOC(CC)C2)ccn1. The van der Waals surface area contributed by atoms with E-state index >= 15 is 0 Å². The number of aromatic nitrogens is 1. The summed E-state index contributed by atoms with van der Waals surface area (Å²) in [5.41, 5.74) is 0. The minimum Gasteiger partial charge on any atom is -0.375 e. The van der Waals surface area contributed by atoms with Gasteiger partial charge in [0.2, 0.25) is 10.0 Å². The fourth-order valence-electron chi connectivity index (χ4n) is 2.16. The van der Waals surface area contributed by atoms with E-state index in [4.69, 9.17) is 4.74 Å². The van der Waals surface area contributed by atoms with E-state index in [9.17, 15) is 8.42 Å². The van der Waals surface area contributed by atoms with Crippen LogP contribution in [0.1, 0.15) is 20.3 Å². The highest BCUT2D eigenvalue weighted by Gasteiger charge is 2.30. The van der Waals surface area contributed by atoms with Crippen molar-refractivity contribution in [3.63, 3.8) is 0 Å². The average Bonchev–Trinajstić information content (AvgIpc) is 2.48. The van der Waals surface area contributed by atoms with Gasteiger partial charge in [-0.15, -0.1) is 0 Å². The number of hydrogen-bond donors (Lipinski definition) is 1. The third-order valence-corrected chi connectivity index (χ3v) is 5.15. The first-order valence-corrected chi connectivity index (χ1v) is 8.33. The molecule has 1 unspecified atom stereocenters. The van der Waals surface area contributed by atoms with Gasteiger partial charge in [-0.25, -0.2) is 13.4 Å². The maximum atomic E-state index is 12.6. The molecule has 1 aliphatic rings. The molecule has 0 radical (unpaired) electrons. The van der Waals surface area contributed by atoms with Gasteiger partial charge in [-0.3, -0.25) is 0 Å².